The highest BCUT2D eigenvalue weighted by Gasteiger charge is 2.29. The van der Waals surface area contributed by atoms with Crippen molar-refractivity contribution in [2.24, 2.45) is 5.73 Å². The van der Waals surface area contributed by atoms with E-state index in [4.69, 9.17) is 5.73 Å². The molecular formula is C15H23NO2Si. The predicted molar refractivity (Wildman–Crippen MR) is 82.1 cm³/mol. The average Bonchev–Trinajstić information content (AvgIpc) is 2.34. The van der Waals surface area contributed by atoms with E-state index in [-0.39, 0.29) is 0 Å². The van der Waals surface area contributed by atoms with Crippen LogP contribution in [0.15, 0.2) is 6.07 Å². The summed E-state index contributed by atoms with van der Waals surface area (Å²) in [6.07, 6.45) is 2.48. The lowest BCUT2D eigenvalue weighted by Gasteiger charge is -2.26. The van der Waals surface area contributed by atoms with Crippen LogP contribution in [0.3, 0.4) is 0 Å². The zero-order valence-electron chi connectivity index (χ0n) is 12.5. The highest BCUT2D eigenvalue weighted by atomic mass is 28.3. The fourth-order valence-electron chi connectivity index (χ4n) is 2.71. The van der Waals surface area contributed by atoms with Crippen molar-refractivity contribution >= 4 is 25.5 Å². The van der Waals surface area contributed by atoms with Crippen molar-refractivity contribution in [1.29, 1.82) is 0 Å². The van der Waals surface area contributed by atoms with Crippen LogP contribution in [0, 0.1) is 0 Å². The van der Waals surface area contributed by atoms with E-state index < -0.39 is 14.0 Å². The number of benzene rings is 1. The number of aldehydes is 1. The van der Waals surface area contributed by atoms with E-state index in [0.29, 0.717) is 11.1 Å². The van der Waals surface area contributed by atoms with E-state index in [1.807, 2.05) is 6.07 Å². The summed E-state index contributed by atoms with van der Waals surface area (Å²) in [5.41, 5.74) is 8.79. The second-order valence-electron chi connectivity index (χ2n) is 5.79. The third kappa shape index (κ3) is 2.95. The summed E-state index contributed by atoms with van der Waals surface area (Å²) in [6.45, 7) is 10.7. The fourth-order valence-corrected chi connectivity index (χ4v) is 4.97. The summed E-state index contributed by atoms with van der Waals surface area (Å²) >= 11 is 0. The molecule has 0 saturated carbocycles. The number of primary amides is 1. The summed E-state index contributed by atoms with van der Waals surface area (Å²) in [5.74, 6) is -0.489. The van der Waals surface area contributed by atoms with Gasteiger partial charge in [-0.1, -0.05) is 33.5 Å². The molecule has 0 atom stereocenters. The van der Waals surface area contributed by atoms with Gasteiger partial charge in [0.05, 0.1) is 8.07 Å². The number of carbonyl (C=O) groups is 2. The lowest BCUT2D eigenvalue weighted by atomic mass is 9.95. The van der Waals surface area contributed by atoms with E-state index in [1.165, 1.54) is 5.56 Å². The van der Waals surface area contributed by atoms with Gasteiger partial charge >= 0.3 is 0 Å². The molecule has 0 aliphatic carbocycles. The van der Waals surface area contributed by atoms with Gasteiger partial charge in [0.15, 0.2) is 6.29 Å². The molecule has 0 fully saturated rings. The normalized spacial score (nSPS) is 11.4. The van der Waals surface area contributed by atoms with Gasteiger partial charge in [0.2, 0.25) is 5.91 Å². The Balaban J connectivity index is 3.88. The first-order valence-electron chi connectivity index (χ1n) is 6.72. The molecule has 2 N–H and O–H groups in total. The Morgan fingerprint density at radius 1 is 1.26 bits per heavy atom. The molecule has 104 valence electrons. The molecule has 19 heavy (non-hydrogen) atoms. The topological polar surface area (TPSA) is 60.2 Å². The zero-order chi connectivity index (χ0) is 14.8. The number of amides is 1. The van der Waals surface area contributed by atoms with Crippen LogP contribution in [0.2, 0.25) is 19.6 Å². The Morgan fingerprint density at radius 2 is 1.84 bits per heavy atom. The predicted octanol–water partition coefficient (Wildman–Crippen LogP) is 2.27. The minimum atomic E-state index is -1.76. The maximum absolute atomic E-state index is 11.8. The minimum Gasteiger partial charge on any atom is -0.366 e. The standard InChI is InChI=1S/C15H23NO2Si/c1-6-10-8-11(9-17)13(15(16)18)14(12(10)7-2)19(3,4)5/h8-9H,6-7H2,1-5H3,(H2,16,18). The number of aryl methyl sites for hydroxylation is 1. The molecule has 0 unspecified atom stereocenters. The number of hydrogen-bond acceptors (Lipinski definition) is 2. The summed E-state index contributed by atoms with van der Waals surface area (Å²) in [4.78, 5) is 23.1. The third-order valence-electron chi connectivity index (χ3n) is 3.42. The molecule has 0 spiro atoms. The van der Waals surface area contributed by atoms with Crippen molar-refractivity contribution in [1.82, 2.24) is 0 Å². The quantitative estimate of drug-likeness (QED) is 0.663. The van der Waals surface area contributed by atoms with Crippen LogP contribution in [0.4, 0.5) is 0 Å². The van der Waals surface area contributed by atoms with Crippen LogP contribution >= 0.6 is 0 Å². The number of carbonyl (C=O) groups excluding carboxylic acids is 2. The van der Waals surface area contributed by atoms with Gasteiger partial charge < -0.3 is 5.73 Å². The number of hydrogen-bond donors (Lipinski definition) is 1. The highest BCUT2D eigenvalue weighted by Crippen LogP contribution is 2.20. The van der Waals surface area contributed by atoms with Gasteiger partial charge in [0.1, 0.15) is 0 Å². The van der Waals surface area contributed by atoms with Crippen molar-refractivity contribution in [2.75, 3.05) is 0 Å². The van der Waals surface area contributed by atoms with Gasteiger partial charge in [-0.25, -0.2) is 0 Å². The van der Waals surface area contributed by atoms with Crippen molar-refractivity contribution in [3.05, 3.63) is 28.3 Å². The molecule has 0 saturated heterocycles. The van der Waals surface area contributed by atoms with Gasteiger partial charge in [0, 0.05) is 11.1 Å². The Kier molecular flexibility index (Phi) is 4.69. The van der Waals surface area contributed by atoms with E-state index >= 15 is 0 Å². The van der Waals surface area contributed by atoms with Crippen molar-refractivity contribution in [3.63, 3.8) is 0 Å². The van der Waals surface area contributed by atoms with Gasteiger partial charge in [-0.3, -0.25) is 9.59 Å². The lowest BCUT2D eigenvalue weighted by Crippen LogP contribution is -2.46. The monoisotopic (exact) mass is 277 g/mol. The van der Waals surface area contributed by atoms with Crippen molar-refractivity contribution in [2.45, 2.75) is 46.3 Å². The van der Waals surface area contributed by atoms with Gasteiger partial charge in [-0.2, -0.15) is 0 Å². The molecule has 4 heteroatoms. The summed E-state index contributed by atoms with van der Waals surface area (Å²) in [7, 11) is -1.76. The SMILES string of the molecule is CCc1cc(C=O)c(C(N)=O)c([Si](C)(C)C)c1CC. The van der Waals surface area contributed by atoms with E-state index in [9.17, 15) is 9.59 Å². The van der Waals surface area contributed by atoms with Gasteiger partial charge in [-0.15, -0.1) is 0 Å². The fraction of sp³-hybridized carbons (Fsp3) is 0.467. The second kappa shape index (κ2) is 5.69. The Labute approximate surface area is 116 Å². The van der Waals surface area contributed by atoms with E-state index in [1.54, 1.807) is 0 Å². The van der Waals surface area contributed by atoms with Gasteiger partial charge in [-0.05, 0) is 35.2 Å². The molecule has 3 nitrogen and oxygen atoms in total. The van der Waals surface area contributed by atoms with Crippen LogP contribution in [0.1, 0.15) is 45.7 Å². The van der Waals surface area contributed by atoms with Crippen molar-refractivity contribution < 1.29 is 9.59 Å². The first kappa shape index (κ1) is 15.6. The lowest BCUT2D eigenvalue weighted by molar-refractivity contribution is 0.0994. The largest absolute Gasteiger partial charge is 0.366 e. The molecule has 0 aromatic heterocycles. The molecule has 1 amide bonds. The number of rotatable bonds is 5. The molecule has 1 rings (SSSR count). The van der Waals surface area contributed by atoms with Gasteiger partial charge in [0.25, 0.3) is 0 Å². The highest BCUT2D eigenvalue weighted by molar-refractivity contribution is 6.90. The molecule has 0 radical (unpaired) electrons. The number of nitrogens with two attached hydrogens (primary N) is 1. The molecule has 0 aliphatic heterocycles. The van der Waals surface area contributed by atoms with Crippen molar-refractivity contribution in [3.8, 4) is 0 Å². The Bertz CT molecular complexity index is 516. The molecule has 0 heterocycles. The summed E-state index contributed by atoms with van der Waals surface area (Å²) in [5, 5.41) is 1.06. The van der Waals surface area contributed by atoms with Crippen LogP contribution < -0.4 is 10.9 Å². The third-order valence-corrected chi connectivity index (χ3v) is 5.47. The summed E-state index contributed by atoms with van der Waals surface area (Å²) in [6, 6.07) is 1.83. The molecule has 0 bridgehead atoms. The average molecular weight is 277 g/mol. The first-order valence-corrected chi connectivity index (χ1v) is 10.2. The second-order valence-corrected chi connectivity index (χ2v) is 10.8. The van der Waals surface area contributed by atoms with Crippen LogP contribution in [0.25, 0.3) is 0 Å². The molecule has 0 aliphatic rings. The molecule has 1 aromatic carbocycles. The maximum Gasteiger partial charge on any atom is 0.249 e. The zero-order valence-corrected chi connectivity index (χ0v) is 13.5. The minimum absolute atomic E-state index is 0.443. The Morgan fingerprint density at radius 3 is 2.16 bits per heavy atom. The first-order chi connectivity index (χ1) is 8.77. The molecular weight excluding hydrogens is 254 g/mol. The molecule has 1 aromatic rings. The van der Waals surface area contributed by atoms with Crippen LogP contribution in [0.5, 0.6) is 0 Å². The Hall–Kier alpha value is -1.42. The smallest absolute Gasteiger partial charge is 0.249 e. The van der Waals surface area contributed by atoms with E-state index in [0.717, 1.165) is 29.9 Å². The van der Waals surface area contributed by atoms with Crippen LogP contribution in [-0.2, 0) is 12.8 Å². The summed E-state index contributed by atoms with van der Waals surface area (Å²) < 4.78 is 0. The maximum atomic E-state index is 11.8. The van der Waals surface area contributed by atoms with Crippen LogP contribution in [-0.4, -0.2) is 20.3 Å². The van der Waals surface area contributed by atoms with E-state index in [2.05, 4.69) is 33.5 Å².